The number of rotatable bonds is 0. The van der Waals surface area contributed by atoms with Crippen LogP contribution in [0.2, 0.25) is 0 Å². The Morgan fingerprint density at radius 3 is 2.71 bits per heavy atom. The van der Waals surface area contributed by atoms with Crippen LogP contribution in [0.25, 0.3) is 0 Å². The number of fused-ring (bicyclic) bond motifs is 1. The van der Waals surface area contributed by atoms with Gasteiger partial charge in [-0.15, -0.1) is 0 Å². The van der Waals surface area contributed by atoms with Gasteiger partial charge < -0.3 is 5.11 Å². The fraction of sp³-hybridized carbons (Fsp3) is 0.417. The van der Waals surface area contributed by atoms with Crippen molar-refractivity contribution in [1.82, 2.24) is 0 Å². The van der Waals surface area contributed by atoms with Crippen LogP contribution in [0, 0.1) is 0 Å². The molecule has 0 aliphatic heterocycles. The Bertz CT molecular complexity index is 380. The lowest BCUT2D eigenvalue weighted by Gasteiger charge is -2.34. The van der Waals surface area contributed by atoms with Crippen molar-refractivity contribution in [1.29, 1.82) is 0 Å². The SMILES string of the molecule is CC1(C)CC(O)C(=O)c2ccccc21. The Hall–Kier alpha value is -1.15. The molecule has 0 spiro atoms. The highest BCUT2D eigenvalue weighted by molar-refractivity contribution is 6.02. The molecule has 0 radical (unpaired) electrons. The molecule has 0 heterocycles. The van der Waals surface area contributed by atoms with Crippen molar-refractivity contribution in [2.75, 3.05) is 0 Å². The van der Waals surface area contributed by atoms with Crippen LogP contribution in [-0.4, -0.2) is 17.0 Å². The molecule has 0 aromatic heterocycles. The van der Waals surface area contributed by atoms with Gasteiger partial charge in [0.2, 0.25) is 0 Å². The molecule has 0 bridgehead atoms. The van der Waals surface area contributed by atoms with E-state index in [9.17, 15) is 9.90 Å². The molecule has 1 N–H and O–H groups in total. The second-order valence-corrected chi connectivity index (χ2v) is 4.51. The van der Waals surface area contributed by atoms with Gasteiger partial charge in [0.05, 0.1) is 0 Å². The van der Waals surface area contributed by atoms with E-state index in [2.05, 4.69) is 13.8 Å². The molecule has 0 saturated heterocycles. The van der Waals surface area contributed by atoms with Crippen LogP contribution < -0.4 is 0 Å². The van der Waals surface area contributed by atoms with Crippen LogP contribution in [0.1, 0.15) is 36.2 Å². The quantitative estimate of drug-likeness (QED) is 0.678. The third-order valence-electron chi connectivity index (χ3n) is 2.93. The first-order chi connectivity index (χ1) is 6.52. The van der Waals surface area contributed by atoms with Crippen molar-refractivity contribution in [2.45, 2.75) is 31.8 Å². The molecule has 1 aromatic carbocycles. The summed E-state index contributed by atoms with van der Waals surface area (Å²) in [5, 5.41) is 9.61. The van der Waals surface area contributed by atoms with Crippen LogP contribution >= 0.6 is 0 Å². The lowest BCUT2D eigenvalue weighted by molar-refractivity contribution is 0.0649. The molecular weight excluding hydrogens is 176 g/mol. The lowest BCUT2D eigenvalue weighted by atomic mass is 9.71. The van der Waals surface area contributed by atoms with E-state index in [0.717, 1.165) is 5.56 Å². The average Bonchev–Trinajstić information content (AvgIpc) is 2.14. The average molecular weight is 190 g/mol. The largest absolute Gasteiger partial charge is 0.385 e. The van der Waals surface area contributed by atoms with Gasteiger partial charge in [0.25, 0.3) is 0 Å². The Morgan fingerprint density at radius 2 is 2.00 bits per heavy atom. The van der Waals surface area contributed by atoms with Gasteiger partial charge in [0.15, 0.2) is 5.78 Å². The van der Waals surface area contributed by atoms with Crippen molar-refractivity contribution in [2.24, 2.45) is 0 Å². The maximum atomic E-state index is 11.7. The van der Waals surface area contributed by atoms with E-state index in [1.54, 1.807) is 6.07 Å². The number of aliphatic hydroxyl groups excluding tert-OH is 1. The summed E-state index contributed by atoms with van der Waals surface area (Å²) >= 11 is 0. The first-order valence-corrected chi connectivity index (χ1v) is 4.84. The normalized spacial score (nSPS) is 24.5. The summed E-state index contributed by atoms with van der Waals surface area (Å²) in [5.41, 5.74) is 1.62. The number of hydrogen-bond donors (Lipinski definition) is 1. The fourth-order valence-corrected chi connectivity index (χ4v) is 2.15. The molecule has 14 heavy (non-hydrogen) atoms. The zero-order valence-electron chi connectivity index (χ0n) is 8.45. The number of benzene rings is 1. The van der Waals surface area contributed by atoms with Gasteiger partial charge >= 0.3 is 0 Å². The first kappa shape index (κ1) is 9.41. The minimum Gasteiger partial charge on any atom is -0.385 e. The number of aliphatic hydroxyl groups is 1. The summed E-state index contributed by atoms with van der Waals surface area (Å²) in [7, 11) is 0. The molecule has 2 heteroatoms. The summed E-state index contributed by atoms with van der Waals surface area (Å²) in [6, 6.07) is 7.54. The molecular formula is C12H14O2. The van der Waals surface area contributed by atoms with Crippen LogP contribution in [0.4, 0.5) is 0 Å². The van der Waals surface area contributed by atoms with E-state index in [1.165, 1.54) is 0 Å². The summed E-state index contributed by atoms with van der Waals surface area (Å²) < 4.78 is 0. The molecule has 2 nitrogen and oxygen atoms in total. The van der Waals surface area contributed by atoms with Gasteiger partial charge in [-0.3, -0.25) is 4.79 Å². The van der Waals surface area contributed by atoms with Crippen molar-refractivity contribution in [3.05, 3.63) is 35.4 Å². The van der Waals surface area contributed by atoms with E-state index < -0.39 is 6.10 Å². The molecule has 0 saturated carbocycles. The predicted molar refractivity (Wildman–Crippen MR) is 54.4 cm³/mol. The van der Waals surface area contributed by atoms with Gasteiger partial charge in [0, 0.05) is 5.56 Å². The van der Waals surface area contributed by atoms with Gasteiger partial charge in [-0.2, -0.15) is 0 Å². The van der Waals surface area contributed by atoms with E-state index in [0.29, 0.717) is 12.0 Å². The van der Waals surface area contributed by atoms with E-state index in [1.807, 2.05) is 18.2 Å². The second kappa shape index (κ2) is 2.92. The zero-order chi connectivity index (χ0) is 10.3. The smallest absolute Gasteiger partial charge is 0.191 e. The van der Waals surface area contributed by atoms with Crippen molar-refractivity contribution >= 4 is 5.78 Å². The Morgan fingerprint density at radius 1 is 1.36 bits per heavy atom. The highest BCUT2D eigenvalue weighted by Gasteiger charge is 2.36. The maximum absolute atomic E-state index is 11.7. The molecule has 0 amide bonds. The lowest BCUT2D eigenvalue weighted by Crippen LogP contribution is -2.37. The molecule has 2 rings (SSSR count). The van der Waals surface area contributed by atoms with Crippen LogP contribution in [0.3, 0.4) is 0 Å². The van der Waals surface area contributed by atoms with E-state index in [4.69, 9.17) is 0 Å². The highest BCUT2D eigenvalue weighted by atomic mass is 16.3. The molecule has 1 aliphatic carbocycles. The molecule has 74 valence electrons. The standard InChI is InChI=1S/C12H14O2/c1-12(2)7-10(13)11(14)8-5-3-4-6-9(8)12/h3-6,10,13H,7H2,1-2H3. The number of carbonyl (C=O) groups is 1. The summed E-state index contributed by atoms with van der Waals surface area (Å²) in [6.45, 7) is 4.11. The predicted octanol–water partition coefficient (Wildman–Crippen LogP) is 1.91. The maximum Gasteiger partial charge on any atom is 0.191 e. The third-order valence-corrected chi connectivity index (χ3v) is 2.93. The van der Waals surface area contributed by atoms with Crippen LogP contribution in [0.15, 0.2) is 24.3 Å². The molecule has 1 aromatic rings. The number of Topliss-reactive ketones (excluding diaryl/α,β-unsaturated/α-hetero) is 1. The van der Waals surface area contributed by atoms with Crippen molar-refractivity contribution in [3.8, 4) is 0 Å². The van der Waals surface area contributed by atoms with Gasteiger partial charge in [-0.05, 0) is 17.4 Å². The molecule has 1 atom stereocenters. The van der Waals surface area contributed by atoms with Gasteiger partial charge in [-0.25, -0.2) is 0 Å². The minimum atomic E-state index is -0.833. The summed E-state index contributed by atoms with van der Waals surface area (Å²) in [6.07, 6.45) is -0.317. The van der Waals surface area contributed by atoms with E-state index >= 15 is 0 Å². The van der Waals surface area contributed by atoms with Crippen LogP contribution in [-0.2, 0) is 5.41 Å². The number of ketones is 1. The van der Waals surface area contributed by atoms with Gasteiger partial charge in [-0.1, -0.05) is 38.1 Å². The topological polar surface area (TPSA) is 37.3 Å². The number of carbonyl (C=O) groups excluding carboxylic acids is 1. The van der Waals surface area contributed by atoms with Crippen LogP contribution in [0.5, 0.6) is 0 Å². The van der Waals surface area contributed by atoms with E-state index in [-0.39, 0.29) is 11.2 Å². The summed E-state index contributed by atoms with van der Waals surface area (Å²) in [5.74, 6) is -0.139. The summed E-state index contributed by atoms with van der Waals surface area (Å²) in [4.78, 5) is 11.7. The van der Waals surface area contributed by atoms with Gasteiger partial charge in [0.1, 0.15) is 6.10 Å². The number of hydrogen-bond acceptors (Lipinski definition) is 2. The Balaban J connectivity index is 2.62. The monoisotopic (exact) mass is 190 g/mol. The molecule has 1 aliphatic rings. The highest BCUT2D eigenvalue weighted by Crippen LogP contribution is 2.36. The molecule has 0 fully saturated rings. The van der Waals surface area contributed by atoms with Crippen molar-refractivity contribution in [3.63, 3.8) is 0 Å². The Kier molecular flexibility index (Phi) is 1.96. The first-order valence-electron chi connectivity index (χ1n) is 4.84. The fourth-order valence-electron chi connectivity index (χ4n) is 2.15. The minimum absolute atomic E-state index is 0.107. The third kappa shape index (κ3) is 1.26. The van der Waals surface area contributed by atoms with Crippen molar-refractivity contribution < 1.29 is 9.90 Å². The zero-order valence-corrected chi connectivity index (χ0v) is 8.45. The second-order valence-electron chi connectivity index (χ2n) is 4.51. The molecule has 1 unspecified atom stereocenters. The Labute approximate surface area is 83.6 Å².